The summed E-state index contributed by atoms with van der Waals surface area (Å²) in [4.78, 5) is 29.5. The van der Waals surface area contributed by atoms with Gasteiger partial charge in [0.25, 0.3) is 5.91 Å². The van der Waals surface area contributed by atoms with Crippen LogP contribution in [-0.2, 0) is 0 Å². The smallest absolute Gasteiger partial charge is 0.305 e. The maximum absolute atomic E-state index is 12.6. The standard InChI is InChI=1S/C21H21N3O3S/c1-13-15-9-4-5-11-17(15)27-18(13)20(26)24-23-19(25)16-10-6-12-22-21(16)28-14-7-2-3-8-14/h4-6,9-12,14H,2-3,7-8H2,1H3,(H,23,25)(H,24,26). The third-order valence-electron chi connectivity index (χ3n) is 4.94. The predicted octanol–water partition coefficient (Wildman–Crippen LogP) is 4.25. The molecule has 1 aliphatic rings. The van der Waals surface area contributed by atoms with Gasteiger partial charge in [0.1, 0.15) is 10.6 Å². The minimum absolute atomic E-state index is 0.188. The van der Waals surface area contributed by atoms with Gasteiger partial charge in [-0.3, -0.25) is 20.4 Å². The molecular weight excluding hydrogens is 374 g/mol. The summed E-state index contributed by atoms with van der Waals surface area (Å²) in [6.07, 6.45) is 6.41. The highest BCUT2D eigenvalue weighted by atomic mass is 32.2. The lowest BCUT2D eigenvalue weighted by atomic mass is 10.1. The molecule has 1 saturated carbocycles. The highest BCUT2D eigenvalue weighted by Crippen LogP contribution is 2.35. The average molecular weight is 395 g/mol. The van der Waals surface area contributed by atoms with Gasteiger partial charge < -0.3 is 4.42 Å². The van der Waals surface area contributed by atoms with Crippen LogP contribution >= 0.6 is 11.8 Å². The molecule has 7 heteroatoms. The molecule has 144 valence electrons. The molecule has 28 heavy (non-hydrogen) atoms. The number of para-hydroxylation sites is 1. The summed E-state index contributed by atoms with van der Waals surface area (Å²) in [6, 6.07) is 10.9. The molecule has 0 aliphatic heterocycles. The molecule has 2 N–H and O–H groups in total. The molecule has 0 unspecified atom stereocenters. The Hall–Kier alpha value is -2.80. The number of aryl methyl sites for hydroxylation is 1. The van der Waals surface area contributed by atoms with Gasteiger partial charge in [-0.15, -0.1) is 11.8 Å². The summed E-state index contributed by atoms with van der Waals surface area (Å²) in [5.74, 6) is -0.695. The van der Waals surface area contributed by atoms with Gasteiger partial charge in [0, 0.05) is 22.4 Å². The number of rotatable bonds is 4. The minimum atomic E-state index is -0.490. The number of pyridine rings is 1. The van der Waals surface area contributed by atoms with Crippen molar-refractivity contribution in [2.75, 3.05) is 0 Å². The highest BCUT2D eigenvalue weighted by Gasteiger charge is 2.22. The lowest BCUT2D eigenvalue weighted by Gasteiger charge is -2.12. The van der Waals surface area contributed by atoms with Crippen molar-refractivity contribution in [3.05, 3.63) is 59.5 Å². The third-order valence-corrected chi connectivity index (χ3v) is 6.29. The number of carbonyl (C=O) groups is 2. The van der Waals surface area contributed by atoms with E-state index in [1.54, 1.807) is 36.2 Å². The number of furan rings is 1. The fourth-order valence-corrected chi connectivity index (χ4v) is 4.74. The Kier molecular flexibility index (Phi) is 5.34. The van der Waals surface area contributed by atoms with E-state index in [0.717, 1.165) is 23.8 Å². The van der Waals surface area contributed by atoms with Gasteiger partial charge in [-0.05, 0) is 38.0 Å². The summed E-state index contributed by atoms with van der Waals surface area (Å²) in [5, 5.41) is 2.07. The van der Waals surface area contributed by atoms with Crippen LogP contribution in [0.2, 0.25) is 0 Å². The number of hydrazine groups is 1. The second-order valence-electron chi connectivity index (χ2n) is 6.84. The lowest BCUT2D eigenvalue weighted by Crippen LogP contribution is -2.42. The van der Waals surface area contributed by atoms with E-state index in [-0.39, 0.29) is 5.76 Å². The molecule has 0 radical (unpaired) electrons. The second kappa shape index (κ2) is 8.06. The molecule has 0 bridgehead atoms. The van der Waals surface area contributed by atoms with Crippen molar-refractivity contribution in [3.8, 4) is 0 Å². The Morgan fingerprint density at radius 3 is 2.61 bits per heavy atom. The van der Waals surface area contributed by atoms with E-state index in [4.69, 9.17) is 4.42 Å². The summed E-state index contributed by atoms with van der Waals surface area (Å²) < 4.78 is 5.63. The van der Waals surface area contributed by atoms with Crippen molar-refractivity contribution < 1.29 is 14.0 Å². The van der Waals surface area contributed by atoms with E-state index in [1.165, 1.54) is 12.8 Å². The van der Waals surface area contributed by atoms with E-state index in [2.05, 4.69) is 15.8 Å². The van der Waals surface area contributed by atoms with E-state index < -0.39 is 11.8 Å². The van der Waals surface area contributed by atoms with E-state index in [0.29, 0.717) is 21.4 Å². The largest absolute Gasteiger partial charge is 0.451 e. The molecule has 1 aromatic carbocycles. The number of hydrogen-bond donors (Lipinski definition) is 2. The number of thioether (sulfide) groups is 1. The van der Waals surface area contributed by atoms with Gasteiger partial charge in [0.2, 0.25) is 0 Å². The number of hydrogen-bond acceptors (Lipinski definition) is 5. The maximum Gasteiger partial charge on any atom is 0.305 e. The van der Waals surface area contributed by atoms with E-state index >= 15 is 0 Å². The van der Waals surface area contributed by atoms with E-state index in [1.807, 2.05) is 25.1 Å². The number of carbonyl (C=O) groups excluding carboxylic acids is 2. The van der Waals surface area contributed by atoms with Crippen LogP contribution in [-0.4, -0.2) is 22.0 Å². The van der Waals surface area contributed by atoms with Crippen LogP contribution in [0, 0.1) is 6.92 Å². The maximum atomic E-state index is 12.6. The van der Waals surface area contributed by atoms with Crippen LogP contribution in [0.5, 0.6) is 0 Å². The first-order valence-corrected chi connectivity index (χ1v) is 10.2. The molecule has 2 amide bonds. The summed E-state index contributed by atoms with van der Waals surface area (Å²) in [5.41, 5.74) is 6.77. The zero-order valence-electron chi connectivity index (χ0n) is 15.5. The Morgan fingerprint density at radius 2 is 1.82 bits per heavy atom. The fraction of sp³-hybridized carbons (Fsp3) is 0.286. The molecule has 0 spiro atoms. The number of amides is 2. The summed E-state index contributed by atoms with van der Waals surface area (Å²) >= 11 is 1.64. The second-order valence-corrected chi connectivity index (χ2v) is 8.13. The van der Waals surface area contributed by atoms with Gasteiger partial charge in [-0.25, -0.2) is 4.98 Å². The van der Waals surface area contributed by atoms with Crippen LogP contribution in [0.4, 0.5) is 0 Å². The first kappa shape index (κ1) is 18.6. The van der Waals surface area contributed by atoms with Crippen LogP contribution in [0.15, 0.2) is 52.0 Å². The molecule has 1 aliphatic carbocycles. The monoisotopic (exact) mass is 395 g/mol. The number of nitrogens with zero attached hydrogens (tertiary/aromatic N) is 1. The van der Waals surface area contributed by atoms with Gasteiger partial charge in [-0.1, -0.05) is 31.0 Å². The van der Waals surface area contributed by atoms with Crippen LogP contribution in [0.3, 0.4) is 0 Å². The van der Waals surface area contributed by atoms with Crippen molar-refractivity contribution in [2.45, 2.75) is 42.9 Å². The Morgan fingerprint density at radius 1 is 1.07 bits per heavy atom. The van der Waals surface area contributed by atoms with Crippen molar-refractivity contribution in [3.63, 3.8) is 0 Å². The number of nitrogens with one attached hydrogen (secondary N) is 2. The van der Waals surface area contributed by atoms with E-state index in [9.17, 15) is 9.59 Å². The normalized spacial score (nSPS) is 14.3. The molecule has 2 aromatic heterocycles. The molecule has 2 heterocycles. The van der Waals surface area contributed by atoms with Crippen molar-refractivity contribution in [1.82, 2.24) is 15.8 Å². The van der Waals surface area contributed by atoms with Gasteiger partial charge in [0.15, 0.2) is 5.76 Å². The quantitative estimate of drug-likeness (QED) is 0.645. The van der Waals surface area contributed by atoms with Crippen LogP contribution < -0.4 is 10.9 Å². The molecule has 3 aromatic rings. The highest BCUT2D eigenvalue weighted by molar-refractivity contribution is 7.99. The Balaban J connectivity index is 1.45. The average Bonchev–Trinajstić information content (AvgIpc) is 3.34. The first-order chi connectivity index (χ1) is 13.6. The van der Waals surface area contributed by atoms with Crippen LogP contribution in [0.1, 0.15) is 52.2 Å². The zero-order valence-corrected chi connectivity index (χ0v) is 16.3. The van der Waals surface area contributed by atoms with Crippen molar-refractivity contribution in [1.29, 1.82) is 0 Å². The van der Waals surface area contributed by atoms with Gasteiger partial charge >= 0.3 is 5.91 Å². The Labute approximate surface area is 167 Å². The molecule has 4 rings (SSSR count). The first-order valence-electron chi connectivity index (χ1n) is 9.34. The topological polar surface area (TPSA) is 84.2 Å². The van der Waals surface area contributed by atoms with Gasteiger partial charge in [-0.2, -0.15) is 0 Å². The lowest BCUT2D eigenvalue weighted by molar-refractivity contribution is 0.0830. The van der Waals surface area contributed by atoms with Crippen LogP contribution in [0.25, 0.3) is 11.0 Å². The molecule has 1 fully saturated rings. The zero-order chi connectivity index (χ0) is 19.5. The van der Waals surface area contributed by atoms with Crippen molar-refractivity contribution >= 4 is 34.5 Å². The summed E-state index contributed by atoms with van der Waals surface area (Å²) in [6.45, 7) is 1.82. The molecule has 0 saturated heterocycles. The van der Waals surface area contributed by atoms with Crippen molar-refractivity contribution in [2.24, 2.45) is 0 Å². The fourth-order valence-electron chi connectivity index (χ4n) is 3.45. The van der Waals surface area contributed by atoms with Gasteiger partial charge in [0.05, 0.1) is 5.56 Å². The number of fused-ring (bicyclic) bond motifs is 1. The number of aromatic nitrogens is 1. The predicted molar refractivity (Wildman–Crippen MR) is 108 cm³/mol. The SMILES string of the molecule is Cc1c(C(=O)NNC(=O)c2cccnc2SC2CCCC2)oc2ccccc12. The minimum Gasteiger partial charge on any atom is -0.451 e. The third kappa shape index (κ3) is 3.75. The summed E-state index contributed by atoms with van der Waals surface area (Å²) in [7, 11) is 0. The number of benzene rings is 1. The molecule has 6 nitrogen and oxygen atoms in total. The molecule has 0 atom stereocenters. The molecular formula is C21H21N3O3S. The Bertz CT molecular complexity index is 1020.